The molecule has 0 aliphatic rings. The van der Waals surface area contributed by atoms with Crippen LogP contribution in [0.15, 0.2) is 54.9 Å². The van der Waals surface area contributed by atoms with Crippen molar-refractivity contribution < 1.29 is 13.9 Å². The highest BCUT2D eigenvalue weighted by Crippen LogP contribution is 2.32. The maximum absolute atomic E-state index is 14.1. The van der Waals surface area contributed by atoms with Crippen molar-refractivity contribution in [1.82, 2.24) is 4.98 Å². The molecule has 0 saturated heterocycles. The van der Waals surface area contributed by atoms with Gasteiger partial charge in [0.15, 0.2) is 5.75 Å². The minimum absolute atomic E-state index is 0.0559. The smallest absolute Gasteiger partial charge is 0.254 e. The molecule has 0 fully saturated rings. The minimum Gasteiger partial charge on any atom is -0.455 e. The highest BCUT2D eigenvalue weighted by Gasteiger charge is 2.18. The summed E-state index contributed by atoms with van der Waals surface area (Å²) >= 11 is 2.01. The molecule has 3 rings (SSSR count). The van der Waals surface area contributed by atoms with E-state index in [2.05, 4.69) is 10.3 Å². The van der Waals surface area contributed by atoms with Crippen LogP contribution in [0.3, 0.4) is 0 Å². The van der Waals surface area contributed by atoms with E-state index < -0.39 is 11.7 Å². The van der Waals surface area contributed by atoms with Crippen LogP contribution in [0.4, 0.5) is 21.5 Å². The van der Waals surface area contributed by atoms with Gasteiger partial charge in [-0.1, -0.05) is 6.07 Å². The molecule has 8 heteroatoms. The van der Waals surface area contributed by atoms with Crippen LogP contribution in [0, 0.1) is 9.39 Å². The summed E-state index contributed by atoms with van der Waals surface area (Å²) in [7, 11) is 0. The Balaban J connectivity index is 1.99. The maximum atomic E-state index is 14.1. The number of carbonyl (C=O) groups is 1. The zero-order chi connectivity index (χ0) is 18.7. The number of benzene rings is 2. The van der Waals surface area contributed by atoms with Crippen molar-refractivity contribution in [2.45, 2.75) is 0 Å². The van der Waals surface area contributed by atoms with Crippen LogP contribution >= 0.6 is 22.6 Å². The molecule has 0 unspecified atom stereocenters. The van der Waals surface area contributed by atoms with Gasteiger partial charge in [-0.25, -0.2) is 4.39 Å². The number of nitrogens with one attached hydrogen (secondary N) is 1. The molecule has 0 bridgehead atoms. The van der Waals surface area contributed by atoms with E-state index in [1.54, 1.807) is 36.4 Å². The number of hydrogen-bond donors (Lipinski definition) is 3. The van der Waals surface area contributed by atoms with E-state index >= 15 is 0 Å². The number of amides is 1. The molecular weight excluding hydrogens is 450 g/mol. The summed E-state index contributed by atoms with van der Waals surface area (Å²) in [4.78, 5) is 16.0. The number of nitrogens with two attached hydrogens (primary N) is 2. The zero-order valence-electron chi connectivity index (χ0n) is 13.4. The number of aromatic nitrogens is 1. The van der Waals surface area contributed by atoms with Crippen LogP contribution in [0.2, 0.25) is 0 Å². The molecule has 0 radical (unpaired) electrons. The van der Waals surface area contributed by atoms with Gasteiger partial charge in [0, 0.05) is 15.3 Å². The lowest BCUT2D eigenvalue weighted by molar-refractivity contribution is 0.0999. The largest absolute Gasteiger partial charge is 0.455 e. The molecule has 132 valence electrons. The third-order valence-corrected chi connectivity index (χ3v) is 4.11. The van der Waals surface area contributed by atoms with E-state index in [0.29, 0.717) is 11.4 Å². The van der Waals surface area contributed by atoms with Gasteiger partial charge in [0.05, 0.1) is 23.8 Å². The fourth-order valence-corrected chi connectivity index (χ4v) is 2.76. The van der Waals surface area contributed by atoms with Gasteiger partial charge in [-0.05, 0) is 52.9 Å². The number of nitrogens with zero attached hydrogens (tertiary/aromatic N) is 1. The normalized spacial score (nSPS) is 10.4. The van der Waals surface area contributed by atoms with Crippen LogP contribution in [-0.4, -0.2) is 10.9 Å². The van der Waals surface area contributed by atoms with Gasteiger partial charge in [-0.15, -0.1) is 0 Å². The van der Waals surface area contributed by atoms with Gasteiger partial charge in [0.2, 0.25) is 0 Å². The van der Waals surface area contributed by atoms with Crippen LogP contribution in [0.1, 0.15) is 10.4 Å². The van der Waals surface area contributed by atoms with Gasteiger partial charge in [-0.2, -0.15) is 0 Å². The Kier molecular flexibility index (Phi) is 5.21. The van der Waals surface area contributed by atoms with Crippen molar-refractivity contribution in [3.8, 4) is 11.5 Å². The molecule has 2 aromatic carbocycles. The molecule has 1 aromatic heterocycles. The molecule has 0 aliphatic heterocycles. The third kappa shape index (κ3) is 4.02. The van der Waals surface area contributed by atoms with Crippen LogP contribution < -0.4 is 21.5 Å². The molecule has 1 heterocycles. The Hall–Kier alpha value is -2.88. The van der Waals surface area contributed by atoms with Crippen molar-refractivity contribution in [1.29, 1.82) is 0 Å². The Bertz CT molecular complexity index is 981. The first-order valence-electron chi connectivity index (χ1n) is 7.47. The Morgan fingerprint density at radius 3 is 2.65 bits per heavy atom. The first-order valence-corrected chi connectivity index (χ1v) is 8.55. The zero-order valence-corrected chi connectivity index (χ0v) is 15.5. The molecule has 6 nitrogen and oxygen atoms in total. The highest BCUT2D eigenvalue weighted by atomic mass is 127. The number of hydrogen-bond acceptors (Lipinski definition) is 5. The number of halogens is 2. The summed E-state index contributed by atoms with van der Waals surface area (Å²) in [6.07, 6.45) is 2.74. The second-order valence-electron chi connectivity index (χ2n) is 5.35. The summed E-state index contributed by atoms with van der Waals surface area (Å²) in [6, 6.07) is 11.4. The van der Waals surface area contributed by atoms with E-state index in [9.17, 15) is 9.18 Å². The van der Waals surface area contributed by atoms with Crippen LogP contribution in [0.25, 0.3) is 0 Å². The monoisotopic (exact) mass is 464 g/mol. The molecule has 0 spiro atoms. The summed E-state index contributed by atoms with van der Waals surface area (Å²) in [5.41, 5.74) is 12.2. The molecule has 0 saturated carbocycles. The number of carbonyl (C=O) groups excluding carboxylic acids is 1. The van der Waals surface area contributed by atoms with E-state index in [-0.39, 0.29) is 22.7 Å². The van der Waals surface area contributed by atoms with Crippen molar-refractivity contribution in [3.63, 3.8) is 0 Å². The number of anilines is 3. The lowest BCUT2D eigenvalue weighted by atomic mass is 10.2. The van der Waals surface area contributed by atoms with Crippen molar-refractivity contribution in [2.24, 2.45) is 5.73 Å². The molecule has 0 aliphatic carbocycles. The Morgan fingerprint density at radius 2 is 1.96 bits per heavy atom. The number of ether oxygens (including phenoxy) is 1. The molecule has 3 aromatic rings. The maximum Gasteiger partial charge on any atom is 0.254 e. The van der Waals surface area contributed by atoms with Crippen LogP contribution in [0.5, 0.6) is 11.5 Å². The highest BCUT2D eigenvalue weighted by molar-refractivity contribution is 14.1. The number of rotatable bonds is 5. The molecular formula is C18H14FIN4O2. The molecule has 26 heavy (non-hydrogen) atoms. The van der Waals surface area contributed by atoms with Crippen molar-refractivity contribution >= 4 is 45.6 Å². The molecule has 5 N–H and O–H groups in total. The predicted molar refractivity (Wildman–Crippen MR) is 106 cm³/mol. The SMILES string of the molecule is NC(=O)c1c(Nc2ccc(I)cc2F)cncc1Oc1cccc(N)c1. The average Bonchev–Trinajstić information content (AvgIpc) is 2.57. The van der Waals surface area contributed by atoms with E-state index in [1.165, 1.54) is 18.5 Å². The fourth-order valence-electron chi connectivity index (χ4n) is 2.31. The minimum atomic E-state index is -0.736. The molecule has 1 amide bonds. The standard InChI is InChI=1S/C18H14FIN4O2/c19-13-6-10(20)4-5-14(13)24-15-8-23-9-16(17(15)18(22)25)26-12-3-1-2-11(21)7-12/h1-9,24H,21H2,(H2,22,25). The van der Waals surface area contributed by atoms with Crippen LogP contribution in [-0.2, 0) is 0 Å². The second kappa shape index (κ2) is 7.56. The Labute approximate surface area is 162 Å². The lowest BCUT2D eigenvalue weighted by Crippen LogP contribution is -2.15. The van der Waals surface area contributed by atoms with Gasteiger partial charge in [0.25, 0.3) is 5.91 Å². The first-order chi connectivity index (χ1) is 12.4. The summed E-state index contributed by atoms with van der Waals surface area (Å²) in [5, 5.41) is 2.84. The van der Waals surface area contributed by atoms with Crippen molar-refractivity contribution in [3.05, 3.63) is 69.8 Å². The molecule has 0 atom stereocenters. The van der Waals surface area contributed by atoms with Crippen molar-refractivity contribution in [2.75, 3.05) is 11.1 Å². The fraction of sp³-hybridized carbons (Fsp3) is 0. The second-order valence-corrected chi connectivity index (χ2v) is 6.59. The number of primary amides is 1. The summed E-state index contributed by atoms with van der Waals surface area (Å²) in [5.74, 6) is -0.639. The topological polar surface area (TPSA) is 103 Å². The quantitative estimate of drug-likeness (QED) is 0.391. The Morgan fingerprint density at radius 1 is 1.15 bits per heavy atom. The van der Waals surface area contributed by atoms with E-state index in [0.717, 1.165) is 3.57 Å². The lowest BCUT2D eigenvalue weighted by Gasteiger charge is -2.15. The van der Waals surface area contributed by atoms with E-state index in [1.807, 2.05) is 22.6 Å². The first kappa shape index (κ1) is 17.9. The number of nitrogen functional groups attached to an aromatic ring is 1. The number of pyridine rings is 1. The van der Waals surface area contributed by atoms with Gasteiger partial charge >= 0.3 is 0 Å². The average molecular weight is 464 g/mol. The summed E-state index contributed by atoms with van der Waals surface area (Å²) < 4.78 is 20.6. The summed E-state index contributed by atoms with van der Waals surface area (Å²) in [6.45, 7) is 0. The van der Waals surface area contributed by atoms with E-state index in [4.69, 9.17) is 16.2 Å². The third-order valence-electron chi connectivity index (χ3n) is 3.44. The van der Waals surface area contributed by atoms with Gasteiger partial charge in [0.1, 0.15) is 17.1 Å². The van der Waals surface area contributed by atoms with Gasteiger partial charge in [-0.3, -0.25) is 9.78 Å². The predicted octanol–water partition coefficient (Wildman–Crippen LogP) is 4.04. The van der Waals surface area contributed by atoms with Gasteiger partial charge < -0.3 is 21.5 Å².